The molecule has 12 heteroatoms. The fourth-order valence-corrected chi connectivity index (χ4v) is 11.9. The Morgan fingerprint density at radius 3 is 2.09 bits per heavy atom. The maximum atomic E-state index is 17.0. The van der Waals surface area contributed by atoms with Crippen molar-refractivity contribution in [3.05, 3.63) is 203 Å². The van der Waals surface area contributed by atoms with Crippen LogP contribution in [-0.2, 0) is 31.1 Å². The maximum absolute atomic E-state index is 17.0. The van der Waals surface area contributed by atoms with E-state index in [1.807, 2.05) is 163 Å². The number of cyclic esters (lactones) is 1. The third-order valence-corrected chi connectivity index (χ3v) is 15.2. The number of ether oxygens (including phenoxy) is 2. The van der Waals surface area contributed by atoms with Gasteiger partial charge in [0, 0.05) is 30.8 Å². The number of esters is 1. The van der Waals surface area contributed by atoms with E-state index in [0.29, 0.717) is 48.6 Å². The van der Waals surface area contributed by atoms with E-state index < -0.39 is 59.5 Å². The highest BCUT2D eigenvalue weighted by Gasteiger charge is 2.76. The Kier molecular flexibility index (Phi) is 15.1. The number of carbonyl (C=O) groups excluding carboxylic acids is 4. The van der Waals surface area contributed by atoms with Gasteiger partial charge in [0.05, 0.1) is 42.9 Å². The molecule has 4 amide bonds. The number of hydrogen-bond donors (Lipinski definition) is 2. The number of benzene rings is 6. The highest BCUT2D eigenvalue weighted by Crippen LogP contribution is 2.67. The molecule has 74 heavy (non-hydrogen) atoms. The zero-order chi connectivity index (χ0) is 51.2. The van der Waals surface area contributed by atoms with Crippen molar-refractivity contribution in [1.29, 1.82) is 0 Å². The normalized spacial score (nSPS) is 22.9. The van der Waals surface area contributed by atoms with E-state index >= 15 is 19.2 Å². The van der Waals surface area contributed by atoms with Gasteiger partial charge in [-0.1, -0.05) is 171 Å². The number of nitrogens with one attached hydrogen (secondary N) is 1. The number of imide groups is 1. The SMILES string of the molecule is C[C@@H](NC(=O)N1C(=O)[C@@]2(c3cc(C#CCN(C)Cc4ccccc4)ccc31)[C@H](c1ccccc1OCCO)N1[C@H](c3ccccc3)[C@H](c3ccccc3)OC(=O)[C@H]1[C@@H]2C(=O)N1CCCCCCC1)c1ccccc1. The van der Waals surface area contributed by atoms with E-state index in [1.165, 1.54) is 4.90 Å². The summed E-state index contributed by atoms with van der Waals surface area (Å²) < 4.78 is 13.2. The van der Waals surface area contributed by atoms with Crippen LogP contribution in [0.4, 0.5) is 10.5 Å². The van der Waals surface area contributed by atoms with Gasteiger partial charge in [0.2, 0.25) is 11.8 Å². The van der Waals surface area contributed by atoms with Gasteiger partial charge in [0.25, 0.3) is 0 Å². The van der Waals surface area contributed by atoms with E-state index in [0.717, 1.165) is 54.4 Å². The van der Waals surface area contributed by atoms with E-state index in [4.69, 9.17) is 9.47 Å². The van der Waals surface area contributed by atoms with Crippen molar-refractivity contribution in [2.75, 3.05) is 44.8 Å². The van der Waals surface area contributed by atoms with Crippen molar-refractivity contribution in [2.45, 2.75) is 81.3 Å². The zero-order valence-corrected chi connectivity index (χ0v) is 42.0. The smallest absolute Gasteiger partial charge is 0.329 e. The van der Waals surface area contributed by atoms with Gasteiger partial charge >= 0.3 is 12.0 Å². The van der Waals surface area contributed by atoms with Gasteiger partial charge < -0.3 is 24.8 Å². The first-order valence-electron chi connectivity index (χ1n) is 26.0. The summed E-state index contributed by atoms with van der Waals surface area (Å²) in [5.41, 5.74) is 3.29. The van der Waals surface area contributed by atoms with Crippen LogP contribution in [0.25, 0.3) is 0 Å². The number of para-hydroxylation sites is 1. The minimum Gasteiger partial charge on any atom is -0.491 e. The van der Waals surface area contributed by atoms with E-state index in [-0.39, 0.29) is 24.8 Å². The molecule has 0 unspecified atom stereocenters. The molecule has 6 aromatic carbocycles. The average molecular weight is 990 g/mol. The van der Waals surface area contributed by atoms with Gasteiger partial charge in [-0.25, -0.2) is 9.69 Å². The Balaban J connectivity index is 1.24. The molecule has 12 nitrogen and oxygen atoms in total. The van der Waals surface area contributed by atoms with E-state index in [1.54, 1.807) is 12.1 Å². The third-order valence-electron chi connectivity index (χ3n) is 15.2. The van der Waals surface area contributed by atoms with Gasteiger partial charge in [0.15, 0.2) is 0 Å². The summed E-state index contributed by atoms with van der Waals surface area (Å²) in [4.78, 5) is 71.7. The molecule has 2 N–H and O–H groups in total. The fourth-order valence-electron chi connectivity index (χ4n) is 11.9. The van der Waals surface area contributed by atoms with Crippen molar-refractivity contribution >= 4 is 29.5 Å². The molecule has 0 saturated carbocycles. The lowest BCUT2D eigenvalue weighted by Gasteiger charge is -2.46. The largest absolute Gasteiger partial charge is 0.491 e. The number of nitrogens with zero attached hydrogens (tertiary/aromatic N) is 4. The fraction of sp³-hybridized carbons (Fsp3) is 0.323. The Bertz CT molecular complexity index is 3010. The molecule has 6 aromatic rings. The number of aliphatic hydroxyl groups is 1. The minimum atomic E-state index is -1.98. The second-order valence-electron chi connectivity index (χ2n) is 19.9. The number of aliphatic hydroxyl groups excluding tert-OH is 1. The molecule has 4 aliphatic heterocycles. The number of likely N-dealkylation sites (tertiary alicyclic amines) is 1. The highest BCUT2D eigenvalue weighted by atomic mass is 16.6. The van der Waals surface area contributed by atoms with Gasteiger partial charge in [0.1, 0.15) is 29.9 Å². The molecule has 7 atom stereocenters. The standard InChI is InChI=1S/C62H63N5O7/c1-43(46-26-12-7-13-27-46)63-61(72)66-51-35-34-44(25-22-36-64(2)42-45-23-10-6-11-24-45)41-50(51)62(60(66)71)53(58(69)65-37-20-4-3-5-21-38-65)55-59(70)74-56(48-30-16-9-17-31-48)54(47-28-14-8-15-29-47)67(55)57(62)49-32-18-19-33-52(49)73-40-39-68/h6-19,23-24,26-35,41,43,53-57,68H,3-5,20-21,36-40,42H2,1-2H3,(H,63,72)/t43-,53-,54-,55-,56+,57+,62-/m1/s1. The summed E-state index contributed by atoms with van der Waals surface area (Å²) in [6.07, 6.45) is 3.53. The lowest BCUT2D eigenvalue weighted by molar-refractivity contribution is -0.179. The van der Waals surface area contributed by atoms with E-state index in [9.17, 15) is 5.11 Å². The molecular weight excluding hydrogens is 927 g/mol. The van der Waals surface area contributed by atoms with Crippen LogP contribution >= 0.6 is 0 Å². The van der Waals surface area contributed by atoms with Gasteiger partial charge in [-0.05, 0) is 78.9 Å². The Morgan fingerprint density at radius 2 is 1.41 bits per heavy atom. The number of hydrogen-bond acceptors (Lipinski definition) is 9. The van der Waals surface area contributed by atoms with Gasteiger partial charge in [-0.2, -0.15) is 0 Å². The molecule has 3 fully saturated rings. The molecule has 10 rings (SSSR count). The predicted molar refractivity (Wildman–Crippen MR) is 284 cm³/mol. The van der Waals surface area contributed by atoms with Crippen LogP contribution < -0.4 is 15.0 Å². The number of amides is 4. The molecule has 0 bridgehead atoms. The van der Waals surface area contributed by atoms with Crippen LogP contribution in [0.2, 0.25) is 0 Å². The molecule has 4 aliphatic rings. The number of fused-ring (bicyclic) bond motifs is 3. The molecular formula is C62H63N5O7. The first kappa shape index (κ1) is 50.0. The molecule has 1 spiro atoms. The molecule has 0 radical (unpaired) electrons. The van der Waals surface area contributed by atoms with Crippen molar-refractivity contribution in [3.63, 3.8) is 0 Å². The molecule has 0 aliphatic carbocycles. The van der Waals surface area contributed by atoms with Crippen molar-refractivity contribution < 1.29 is 33.8 Å². The van der Waals surface area contributed by atoms with Crippen LogP contribution in [-0.4, -0.2) is 89.6 Å². The second kappa shape index (κ2) is 22.3. The van der Waals surface area contributed by atoms with Crippen LogP contribution in [0.15, 0.2) is 164 Å². The number of rotatable bonds is 12. The summed E-state index contributed by atoms with van der Waals surface area (Å²) in [5.74, 6) is 4.02. The first-order valence-corrected chi connectivity index (χ1v) is 26.0. The first-order chi connectivity index (χ1) is 36.2. The predicted octanol–water partition coefficient (Wildman–Crippen LogP) is 9.47. The van der Waals surface area contributed by atoms with Crippen LogP contribution in [0, 0.1) is 17.8 Å². The number of urea groups is 1. The average Bonchev–Trinajstić information content (AvgIpc) is 3.93. The Morgan fingerprint density at radius 1 is 0.784 bits per heavy atom. The zero-order valence-electron chi connectivity index (χ0n) is 42.0. The van der Waals surface area contributed by atoms with Crippen molar-refractivity contribution in [3.8, 4) is 17.6 Å². The summed E-state index contributed by atoms with van der Waals surface area (Å²) in [6, 6.07) is 47.3. The summed E-state index contributed by atoms with van der Waals surface area (Å²) in [6.45, 7) is 3.49. The third kappa shape index (κ3) is 9.59. The van der Waals surface area contributed by atoms with Gasteiger partial charge in [-0.3, -0.25) is 24.2 Å². The lowest BCUT2D eigenvalue weighted by atomic mass is 9.64. The monoisotopic (exact) mass is 989 g/mol. The number of morpholine rings is 1. The van der Waals surface area contributed by atoms with E-state index in [2.05, 4.69) is 34.2 Å². The van der Waals surface area contributed by atoms with Gasteiger partial charge in [-0.15, -0.1) is 0 Å². The Labute approximate surface area is 433 Å². The van der Waals surface area contributed by atoms with Crippen molar-refractivity contribution in [2.24, 2.45) is 5.92 Å². The molecule has 378 valence electrons. The molecule has 0 aromatic heterocycles. The highest BCUT2D eigenvalue weighted by molar-refractivity contribution is 6.24. The summed E-state index contributed by atoms with van der Waals surface area (Å²) in [7, 11) is 2.01. The van der Waals surface area contributed by atoms with Crippen LogP contribution in [0.3, 0.4) is 0 Å². The van der Waals surface area contributed by atoms with Crippen LogP contribution in [0.5, 0.6) is 5.75 Å². The lowest BCUT2D eigenvalue weighted by Crippen LogP contribution is -2.57. The topological polar surface area (TPSA) is 132 Å². The van der Waals surface area contributed by atoms with Crippen LogP contribution in [0.1, 0.15) is 102 Å². The second-order valence-corrected chi connectivity index (χ2v) is 19.9. The number of anilines is 1. The molecule has 4 heterocycles. The minimum absolute atomic E-state index is 0.0675. The number of carbonyl (C=O) groups is 4. The summed E-state index contributed by atoms with van der Waals surface area (Å²) in [5, 5.41) is 13.4. The summed E-state index contributed by atoms with van der Waals surface area (Å²) >= 11 is 0. The Hall–Kier alpha value is -7.56. The quantitative estimate of drug-likeness (QED) is 0.0910. The van der Waals surface area contributed by atoms with Crippen molar-refractivity contribution in [1.82, 2.24) is 20.0 Å². The maximum Gasteiger partial charge on any atom is 0.329 e. The molecule has 3 saturated heterocycles.